The largest absolute Gasteiger partial charge is 0.481 e. The van der Waals surface area contributed by atoms with Crippen LogP contribution >= 0.6 is 0 Å². The van der Waals surface area contributed by atoms with Crippen LogP contribution in [0.25, 0.3) is 0 Å². The van der Waals surface area contributed by atoms with Crippen LogP contribution in [0.2, 0.25) is 0 Å². The molecule has 120 valence electrons. The third kappa shape index (κ3) is 3.12. The maximum atomic E-state index is 12.8. The summed E-state index contributed by atoms with van der Waals surface area (Å²) in [6, 6.07) is 1.60. The van der Waals surface area contributed by atoms with Gasteiger partial charge in [0.25, 0.3) is 0 Å². The van der Waals surface area contributed by atoms with Gasteiger partial charge in [-0.3, -0.25) is 4.79 Å². The van der Waals surface area contributed by atoms with E-state index in [1.165, 1.54) is 17.9 Å². The van der Waals surface area contributed by atoms with E-state index in [1.807, 2.05) is 0 Å². The molecule has 2 rings (SSSR count). The van der Waals surface area contributed by atoms with E-state index in [9.17, 15) is 22.8 Å². The second-order valence-corrected chi connectivity index (χ2v) is 5.36. The Balaban J connectivity index is 2.13. The lowest BCUT2D eigenvalue weighted by atomic mass is 9.90. The highest BCUT2D eigenvalue weighted by atomic mass is 19.4. The molecule has 1 fully saturated rings. The Bertz CT molecular complexity index is 606. The molecule has 1 unspecified atom stereocenters. The van der Waals surface area contributed by atoms with E-state index in [0.717, 1.165) is 12.3 Å². The topological polar surface area (TPSA) is 82.5 Å². The van der Waals surface area contributed by atoms with Crippen molar-refractivity contribution in [1.29, 1.82) is 0 Å². The van der Waals surface area contributed by atoms with Gasteiger partial charge in [-0.2, -0.15) is 13.2 Å². The number of pyridine rings is 1. The number of carbonyl (C=O) groups is 2. The maximum absolute atomic E-state index is 12.8. The van der Waals surface area contributed by atoms with Crippen LogP contribution in [0.3, 0.4) is 0 Å². The molecule has 1 atom stereocenters. The van der Waals surface area contributed by atoms with Crippen LogP contribution in [-0.2, 0) is 11.0 Å². The summed E-state index contributed by atoms with van der Waals surface area (Å²) in [6.07, 6.45) is -3.46. The second kappa shape index (κ2) is 5.47. The number of likely N-dealkylation sites (tertiary alicyclic amines) is 1. The SMILES string of the molecule is CC1(C(=O)O)CCN(C(=O)Nc2cccnc2C(F)(F)F)C1. The molecule has 0 spiro atoms. The number of urea groups is 1. The number of carbonyl (C=O) groups excluding carboxylic acids is 1. The van der Waals surface area contributed by atoms with Crippen LogP contribution < -0.4 is 5.32 Å². The quantitative estimate of drug-likeness (QED) is 0.877. The number of alkyl halides is 3. The van der Waals surface area contributed by atoms with Crippen molar-refractivity contribution in [2.75, 3.05) is 18.4 Å². The van der Waals surface area contributed by atoms with Gasteiger partial charge in [0.2, 0.25) is 0 Å². The third-order valence-electron chi connectivity index (χ3n) is 3.59. The molecule has 0 aliphatic carbocycles. The summed E-state index contributed by atoms with van der Waals surface area (Å²) in [7, 11) is 0. The summed E-state index contributed by atoms with van der Waals surface area (Å²) in [5.41, 5.74) is -2.73. The molecule has 0 bridgehead atoms. The number of rotatable bonds is 2. The minimum Gasteiger partial charge on any atom is -0.481 e. The predicted octanol–water partition coefficient (Wildman–Crippen LogP) is 2.43. The maximum Gasteiger partial charge on any atom is 0.435 e. The molecule has 0 aromatic carbocycles. The molecule has 2 amide bonds. The van der Waals surface area contributed by atoms with Gasteiger partial charge < -0.3 is 15.3 Å². The molecular weight excluding hydrogens is 303 g/mol. The number of hydrogen-bond donors (Lipinski definition) is 2. The van der Waals surface area contributed by atoms with Crippen molar-refractivity contribution in [3.8, 4) is 0 Å². The lowest BCUT2D eigenvalue weighted by molar-refractivity contribution is -0.147. The minimum atomic E-state index is -4.69. The van der Waals surface area contributed by atoms with E-state index in [0.29, 0.717) is 0 Å². The molecule has 1 aliphatic heterocycles. The molecule has 1 aromatic rings. The van der Waals surface area contributed by atoms with Crippen LogP contribution in [-0.4, -0.2) is 40.1 Å². The van der Waals surface area contributed by atoms with Gasteiger partial charge in [0, 0.05) is 19.3 Å². The number of amides is 2. The fourth-order valence-electron chi connectivity index (χ4n) is 2.24. The number of aromatic nitrogens is 1. The number of halogens is 3. The number of carboxylic acid groups (broad SMARTS) is 1. The molecule has 2 heterocycles. The number of carboxylic acids is 1. The van der Waals surface area contributed by atoms with Crippen molar-refractivity contribution in [3.05, 3.63) is 24.0 Å². The van der Waals surface area contributed by atoms with E-state index in [-0.39, 0.29) is 19.5 Å². The van der Waals surface area contributed by atoms with Crippen molar-refractivity contribution in [3.63, 3.8) is 0 Å². The summed E-state index contributed by atoms with van der Waals surface area (Å²) >= 11 is 0. The number of anilines is 1. The highest BCUT2D eigenvalue weighted by Crippen LogP contribution is 2.34. The monoisotopic (exact) mass is 317 g/mol. The average molecular weight is 317 g/mol. The molecule has 6 nitrogen and oxygen atoms in total. The first-order valence-corrected chi connectivity index (χ1v) is 6.45. The fraction of sp³-hybridized carbons (Fsp3) is 0.462. The molecule has 9 heteroatoms. The van der Waals surface area contributed by atoms with Crippen molar-refractivity contribution in [2.45, 2.75) is 19.5 Å². The molecule has 0 saturated carbocycles. The third-order valence-corrected chi connectivity index (χ3v) is 3.59. The summed E-state index contributed by atoms with van der Waals surface area (Å²) in [5, 5.41) is 11.2. The summed E-state index contributed by atoms with van der Waals surface area (Å²) in [6.45, 7) is 1.60. The molecule has 1 aliphatic rings. The summed E-state index contributed by atoms with van der Waals surface area (Å²) < 4.78 is 38.4. The highest BCUT2D eigenvalue weighted by Gasteiger charge is 2.42. The Kier molecular flexibility index (Phi) is 3.99. The summed E-state index contributed by atoms with van der Waals surface area (Å²) in [5.74, 6) is -1.04. The van der Waals surface area contributed by atoms with E-state index in [1.54, 1.807) is 0 Å². The zero-order valence-electron chi connectivity index (χ0n) is 11.6. The second-order valence-electron chi connectivity index (χ2n) is 5.36. The van der Waals surface area contributed by atoms with E-state index in [4.69, 9.17) is 5.11 Å². The van der Waals surface area contributed by atoms with Gasteiger partial charge in [-0.25, -0.2) is 9.78 Å². The number of hydrogen-bond acceptors (Lipinski definition) is 3. The first-order valence-electron chi connectivity index (χ1n) is 6.45. The Labute approximate surface area is 123 Å². The lowest BCUT2D eigenvalue weighted by Gasteiger charge is -2.21. The molecule has 2 N–H and O–H groups in total. The molecule has 1 saturated heterocycles. The summed E-state index contributed by atoms with van der Waals surface area (Å²) in [4.78, 5) is 27.6. The standard InChI is InChI=1S/C13H14F3N3O3/c1-12(10(20)21)4-6-19(7-12)11(22)18-8-3-2-5-17-9(8)13(14,15)16/h2-3,5H,4,6-7H2,1H3,(H,18,22)(H,20,21). The normalized spacial score (nSPS) is 21.7. The van der Waals surface area contributed by atoms with Crippen LogP contribution in [0, 0.1) is 5.41 Å². The van der Waals surface area contributed by atoms with Crippen molar-refractivity contribution in [2.24, 2.45) is 5.41 Å². The minimum absolute atomic E-state index is 0.0597. The zero-order valence-corrected chi connectivity index (χ0v) is 11.6. The van der Waals surface area contributed by atoms with Gasteiger partial charge in [-0.05, 0) is 25.5 Å². The Morgan fingerprint density at radius 1 is 1.45 bits per heavy atom. The first kappa shape index (κ1) is 16.1. The molecular formula is C13H14F3N3O3. The van der Waals surface area contributed by atoms with E-state index in [2.05, 4.69) is 10.3 Å². The Hall–Kier alpha value is -2.32. The lowest BCUT2D eigenvalue weighted by Crippen LogP contribution is -2.37. The van der Waals surface area contributed by atoms with Crippen LogP contribution in [0.5, 0.6) is 0 Å². The van der Waals surface area contributed by atoms with Crippen LogP contribution in [0.4, 0.5) is 23.7 Å². The smallest absolute Gasteiger partial charge is 0.435 e. The Morgan fingerprint density at radius 3 is 2.68 bits per heavy atom. The van der Waals surface area contributed by atoms with E-state index < -0.39 is 35.0 Å². The van der Waals surface area contributed by atoms with Crippen LogP contribution in [0.1, 0.15) is 19.0 Å². The fourth-order valence-corrected chi connectivity index (χ4v) is 2.24. The molecule has 1 aromatic heterocycles. The van der Waals surface area contributed by atoms with Gasteiger partial charge in [0.1, 0.15) is 0 Å². The van der Waals surface area contributed by atoms with Gasteiger partial charge in [0.15, 0.2) is 5.69 Å². The number of nitrogens with zero attached hydrogens (tertiary/aromatic N) is 2. The van der Waals surface area contributed by atoms with Crippen molar-refractivity contribution in [1.82, 2.24) is 9.88 Å². The molecule has 22 heavy (non-hydrogen) atoms. The van der Waals surface area contributed by atoms with E-state index >= 15 is 0 Å². The Morgan fingerprint density at radius 2 is 2.14 bits per heavy atom. The number of aliphatic carboxylic acids is 1. The van der Waals surface area contributed by atoms with Gasteiger partial charge in [-0.15, -0.1) is 0 Å². The first-order chi connectivity index (χ1) is 10.1. The highest BCUT2D eigenvalue weighted by molar-refractivity contribution is 5.91. The van der Waals surface area contributed by atoms with Gasteiger partial charge >= 0.3 is 18.2 Å². The van der Waals surface area contributed by atoms with Crippen molar-refractivity contribution < 1.29 is 27.9 Å². The van der Waals surface area contributed by atoms with Gasteiger partial charge in [-0.1, -0.05) is 0 Å². The predicted molar refractivity (Wildman–Crippen MR) is 70.2 cm³/mol. The zero-order chi connectivity index (χ0) is 16.5. The van der Waals surface area contributed by atoms with Crippen molar-refractivity contribution >= 4 is 17.7 Å². The van der Waals surface area contributed by atoms with Gasteiger partial charge in [0.05, 0.1) is 11.1 Å². The van der Waals surface area contributed by atoms with Crippen LogP contribution in [0.15, 0.2) is 18.3 Å². The number of nitrogens with one attached hydrogen (secondary N) is 1. The molecule has 0 radical (unpaired) electrons. The average Bonchev–Trinajstić information content (AvgIpc) is 2.82.